The summed E-state index contributed by atoms with van der Waals surface area (Å²) in [6.07, 6.45) is 7.19. The highest BCUT2D eigenvalue weighted by Crippen LogP contribution is 2.36. The summed E-state index contributed by atoms with van der Waals surface area (Å²) in [5.41, 5.74) is 5.17. The Morgan fingerprint density at radius 2 is 1.09 bits per heavy atom. The molecular formula is C30H36N2O. The Labute approximate surface area is 198 Å². The molecule has 2 saturated heterocycles. The van der Waals surface area contributed by atoms with E-state index in [9.17, 15) is 5.11 Å². The van der Waals surface area contributed by atoms with E-state index in [1.165, 1.54) is 55.3 Å². The Balaban J connectivity index is 1.17. The summed E-state index contributed by atoms with van der Waals surface area (Å²) < 4.78 is 0. The fraction of sp³-hybridized carbons (Fsp3) is 0.400. The summed E-state index contributed by atoms with van der Waals surface area (Å²) in [5.74, 6) is 1.92. The van der Waals surface area contributed by atoms with Crippen LogP contribution in [0.2, 0.25) is 0 Å². The smallest absolute Gasteiger partial charge is 0.139 e. The van der Waals surface area contributed by atoms with Crippen LogP contribution in [-0.4, -0.2) is 31.3 Å². The van der Waals surface area contributed by atoms with Crippen LogP contribution in [0.3, 0.4) is 0 Å². The van der Waals surface area contributed by atoms with Crippen LogP contribution in [0.4, 0.5) is 11.4 Å². The highest BCUT2D eigenvalue weighted by molar-refractivity contribution is 5.67. The molecule has 0 aliphatic carbocycles. The molecule has 0 aromatic heterocycles. The van der Waals surface area contributed by atoms with Gasteiger partial charge >= 0.3 is 0 Å². The van der Waals surface area contributed by atoms with Crippen molar-refractivity contribution in [1.82, 2.24) is 0 Å². The van der Waals surface area contributed by atoms with Gasteiger partial charge in [-0.1, -0.05) is 60.7 Å². The van der Waals surface area contributed by atoms with Crippen molar-refractivity contribution in [3.05, 3.63) is 90.0 Å². The summed E-state index contributed by atoms with van der Waals surface area (Å²) >= 11 is 0. The predicted molar refractivity (Wildman–Crippen MR) is 138 cm³/mol. The van der Waals surface area contributed by atoms with E-state index >= 15 is 0 Å². The molecule has 0 unspecified atom stereocenters. The molecular weight excluding hydrogens is 404 g/mol. The Morgan fingerprint density at radius 1 is 0.606 bits per heavy atom. The van der Waals surface area contributed by atoms with Crippen molar-refractivity contribution in [2.45, 2.75) is 38.5 Å². The lowest BCUT2D eigenvalue weighted by Gasteiger charge is -2.36. The van der Waals surface area contributed by atoms with Gasteiger partial charge in [0.15, 0.2) is 0 Å². The van der Waals surface area contributed by atoms with Gasteiger partial charge < -0.3 is 14.9 Å². The molecule has 0 saturated carbocycles. The van der Waals surface area contributed by atoms with Gasteiger partial charge in [-0.2, -0.15) is 0 Å². The van der Waals surface area contributed by atoms with Gasteiger partial charge in [-0.15, -0.1) is 0 Å². The first-order valence-corrected chi connectivity index (χ1v) is 12.7. The molecule has 172 valence electrons. The molecule has 2 heterocycles. The number of phenols is 1. The third-order valence-electron chi connectivity index (χ3n) is 7.63. The van der Waals surface area contributed by atoms with Crippen LogP contribution in [-0.2, 0) is 12.8 Å². The Kier molecular flexibility index (Phi) is 6.85. The second-order valence-electron chi connectivity index (χ2n) is 9.91. The van der Waals surface area contributed by atoms with Gasteiger partial charge in [-0.3, -0.25) is 0 Å². The first-order chi connectivity index (χ1) is 16.2. The lowest BCUT2D eigenvalue weighted by atomic mass is 9.89. The Morgan fingerprint density at radius 3 is 1.61 bits per heavy atom. The number of aromatic hydroxyl groups is 1. The zero-order valence-electron chi connectivity index (χ0n) is 19.6. The number of rotatable bonds is 6. The summed E-state index contributed by atoms with van der Waals surface area (Å²) in [7, 11) is 0. The number of nitrogens with zero attached hydrogens (tertiary/aromatic N) is 2. The highest BCUT2D eigenvalue weighted by atomic mass is 16.3. The van der Waals surface area contributed by atoms with Gasteiger partial charge in [0, 0.05) is 31.9 Å². The van der Waals surface area contributed by atoms with Crippen LogP contribution in [0.1, 0.15) is 36.8 Å². The zero-order chi connectivity index (χ0) is 22.5. The van der Waals surface area contributed by atoms with Crippen LogP contribution in [0.5, 0.6) is 5.75 Å². The van der Waals surface area contributed by atoms with Crippen LogP contribution >= 0.6 is 0 Å². The second-order valence-corrected chi connectivity index (χ2v) is 9.91. The molecule has 0 spiro atoms. The number of benzene rings is 3. The third kappa shape index (κ3) is 5.52. The van der Waals surface area contributed by atoms with Gasteiger partial charge in [0.05, 0.1) is 5.69 Å². The van der Waals surface area contributed by atoms with E-state index in [1.807, 2.05) is 6.07 Å². The molecule has 0 radical (unpaired) electrons. The molecule has 5 rings (SSSR count). The average Bonchev–Trinajstić information content (AvgIpc) is 2.87. The Hall–Kier alpha value is -2.94. The van der Waals surface area contributed by atoms with E-state index in [1.54, 1.807) is 0 Å². The number of hydrogen-bond acceptors (Lipinski definition) is 3. The van der Waals surface area contributed by atoms with E-state index in [4.69, 9.17) is 0 Å². The summed E-state index contributed by atoms with van der Waals surface area (Å²) in [5, 5.41) is 10.6. The molecule has 0 amide bonds. The molecule has 0 bridgehead atoms. The first kappa shape index (κ1) is 21.9. The van der Waals surface area contributed by atoms with Crippen molar-refractivity contribution in [1.29, 1.82) is 0 Å². The minimum atomic E-state index is 0.416. The summed E-state index contributed by atoms with van der Waals surface area (Å²) in [6.45, 7) is 4.24. The van der Waals surface area contributed by atoms with Gasteiger partial charge in [0.2, 0.25) is 0 Å². The Bertz CT molecular complexity index is 1000. The number of piperidine rings is 2. The summed E-state index contributed by atoms with van der Waals surface area (Å²) in [4.78, 5) is 4.90. The predicted octanol–water partition coefficient (Wildman–Crippen LogP) is 6.31. The van der Waals surface area contributed by atoms with E-state index in [0.29, 0.717) is 5.75 Å². The van der Waals surface area contributed by atoms with E-state index in [-0.39, 0.29) is 0 Å². The largest absolute Gasteiger partial charge is 0.506 e. The van der Waals surface area contributed by atoms with Crippen LogP contribution < -0.4 is 9.80 Å². The van der Waals surface area contributed by atoms with Gasteiger partial charge in [-0.05, 0) is 79.7 Å². The molecule has 1 N–H and O–H groups in total. The maximum atomic E-state index is 10.6. The minimum Gasteiger partial charge on any atom is -0.506 e. The normalized spacial score (nSPS) is 17.9. The monoisotopic (exact) mass is 440 g/mol. The molecule has 2 aliphatic rings. The fourth-order valence-corrected chi connectivity index (χ4v) is 5.63. The second kappa shape index (κ2) is 10.3. The first-order valence-electron chi connectivity index (χ1n) is 12.7. The van der Waals surface area contributed by atoms with Crippen molar-refractivity contribution in [2.24, 2.45) is 11.8 Å². The highest BCUT2D eigenvalue weighted by Gasteiger charge is 2.24. The summed E-state index contributed by atoms with van der Waals surface area (Å²) in [6, 6.07) is 28.0. The average molecular weight is 441 g/mol. The maximum absolute atomic E-state index is 10.6. The van der Waals surface area contributed by atoms with Gasteiger partial charge in [0.1, 0.15) is 5.75 Å². The van der Waals surface area contributed by atoms with Gasteiger partial charge in [-0.25, -0.2) is 0 Å². The SMILES string of the molecule is Oc1ccc(N2CCC(Cc3ccccc3)CC2)cc1N1CCC(Cc2ccccc2)CC1. The molecule has 33 heavy (non-hydrogen) atoms. The van der Waals surface area contributed by atoms with E-state index in [0.717, 1.165) is 43.7 Å². The maximum Gasteiger partial charge on any atom is 0.139 e. The molecule has 3 nitrogen and oxygen atoms in total. The number of hydrogen-bond donors (Lipinski definition) is 1. The zero-order valence-corrected chi connectivity index (χ0v) is 19.6. The van der Waals surface area contributed by atoms with Crippen molar-refractivity contribution in [3.8, 4) is 5.75 Å². The number of anilines is 2. The lowest BCUT2D eigenvalue weighted by Crippen LogP contribution is -2.36. The van der Waals surface area contributed by atoms with Crippen molar-refractivity contribution in [3.63, 3.8) is 0 Å². The molecule has 2 aliphatic heterocycles. The fourth-order valence-electron chi connectivity index (χ4n) is 5.63. The molecule has 2 fully saturated rings. The van der Waals surface area contributed by atoms with Gasteiger partial charge in [0.25, 0.3) is 0 Å². The van der Waals surface area contributed by atoms with E-state index in [2.05, 4.69) is 82.6 Å². The molecule has 3 aromatic rings. The van der Waals surface area contributed by atoms with Crippen LogP contribution in [0.15, 0.2) is 78.9 Å². The van der Waals surface area contributed by atoms with Crippen molar-refractivity contribution < 1.29 is 5.11 Å². The quantitative estimate of drug-likeness (QED) is 0.486. The number of phenolic OH excluding ortho intramolecular Hbond substituents is 1. The van der Waals surface area contributed by atoms with Crippen molar-refractivity contribution in [2.75, 3.05) is 36.0 Å². The van der Waals surface area contributed by atoms with Crippen molar-refractivity contribution >= 4 is 11.4 Å². The van der Waals surface area contributed by atoms with Crippen LogP contribution in [0, 0.1) is 11.8 Å². The van der Waals surface area contributed by atoms with Crippen LogP contribution in [0.25, 0.3) is 0 Å². The molecule has 3 aromatic carbocycles. The molecule has 3 heteroatoms. The molecule has 0 atom stereocenters. The standard InChI is InChI=1S/C30H36N2O/c33-30-12-11-28(31-17-13-26(14-18-31)21-24-7-3-1-4-8-24)23-29(30)32-19-15-27(16-20-32)22-25-9-5-2-6-10-25/h1-12,23,26-27,33H,13-22H2. The van der Waals surface area contributed by atoms with E-state index < -0.39 is 0 Å². The minimum absolute atomic E-state index is 0.416. The third-order valence-corrected chi connectivity index (χ3v) is 7.63. The lowest BCUT2D eigenvalue weighted by molar-refractivity contribution is 0.397. The topological polar surface area (TPSA) is 26.7 Å².